The van der Waals surface area contributed by atoms with Crippen molar-refractivity contribution in [2.45, 2.75) is 26.3 Å². The first-order valence-corrected chi connectivity index (χ1v) is 9.00. The standard InChI is InChI=1S/C19H23ClN2O3/c1-3-25-19(23)14-5-4-8-22(11-14)12-15-9-13-6-7-16(24-2)10-17(13)21-18(15)20/h6-7,9-10,14H,3-5,8,11-12H2,1-2H3/t14-/m0/s1. The SMILES string of the molecule is CCOC(=O)[C@H]1CCCN(Cc2cc3ccc(OC)cc3nc2Cl)C1. The van der Waals surface area contributed by atoms with Crippen LogP contribution in [0.4, 0.5) is 0 Å². The zero-order chi connectivity index (χ0) is 17.8. The number of carbonyl (C=O) groups excluding carboxylic acids is 1. The topological polar surface area (TPSA) is 51.7 Å². The monoisotopic (exact) mass is 362 g/mol. The Bertz CT molecular complexity index is 766. The number of ether oxygens (including phenoxy) is 2. The lowest BCUT2D eigenvalue weighted by molar-refractivity contribution is -0.150. The Balaban J connectivity index is 1.75. The van der Waals surface area contributed by atoms with E-state index in [1.54, 1.807) is 7.11 Å². The van der Waals surface area contributed by atoms with Gasteiger partial charge in [0.2, 0.25) is 0 Å². The molecule has 134 valence electrons. The van der Waals surface area contributed by atoms with Crippen LogP contribution in [0.2, 0.25) is 5.15 Å². The average molecular weight is 363 g/mol. The number of carbonyl (C=O) groups is 1. The second-order valence-corrected chi connectivity index (χ2v) is 6.68. The minimum atomic E-state index is -0.0953. The van der Waals surface area contributed by atoms with E-state index in [-0.39, 0.29) is 11.9 Å². The van der Waals surface area contributed by atoms with Gasteiger partial charge in [-0.2, -0.15) is 0 Å². The number of rotatable bonds is 5. The van der Waals surface area contributed by atoms with Crippen molar-refractivity contribution >= 4 is 28.5 Å². The largest absolute Gasteiger partial charge is 0.497 e. The summed E-state index contributed by atoms with van der Waals surface area (Å²) in [6.45, 7) is 4.61. The number of hydrogen-bond donors (Lipinski definition) is 0. The molecule has 1 aliphatic heterocycles. The lowest BCUT2D eigenvalue weighted by Gasteiger charge is -2.31. The number of pyridine rings is 1. The van der Waals surface area contributed by atoms with Crippen LogP contribution in [0.15, 0.2) is 24.3 Å². The Kier molecular flexibility index (Phi) is 5.76. The number of methoxy groups -OCH3 is 1. The number of aromatic nitrogens is 1. The van der Waals surface area contributed by atoms with Gasteiger partial charge in [0.15, 0.2) is 0 Å². The number of fused-ring (bicyclic) bond motifs is 1. The molecule has 1 aromatic carbocycles. The quantitative estimate of drug-likeness (QED) is 0.600. The summed E-state index contributed by atoms with van der Waals surface area (Å²) in [6, 6.07) is 7.85. The molecule has 1 saturated heterocycles. The van der Waals surface area contributed by atoms with Crippen molar-refractivity contribution in [2.75, 3.05) is 26.8 Å². The highest BCUT2D eigenvalue weighted by Gasteiger charge is 2.27. The van der Waals surface area contributed by atoms with Crippen LogP contribution in [0.1, 0.15) is 25.3 Å². The predicted octanol–water partition coefficient (Wildman–Crippen LogP) is 3.67. The Morgan fingerprint density at radius 2 is 2.24 bits per heavy atom. The Morgan fingerprint density at radius 1 is 1.40 bits per heavy atom. The molecule has 0 unspecified atom stereocenters. The van der Waals surface area contributed by atoms with Gasteiger partial charge in [-0.3, -0.25) is 9.69 Å². The summed E-state index contributed by atoms with van der Waals surface area (Å²) in [5.41, 5.74) is 1.79. The molecule has 0 radical (unpaired) electrons. The zero-order valence-electron chi connectivity index (χ0n) is 14.6. The molecule has 2 heterocycles. The van der Waals surface area contributed by atoms with E-state index in [9.17, 15) is 4.79 Å². The Hall–Kier alpha value is -1.85. The highest BCUT2D eigenvalue weighted by Crippen LogP contribution is 2.27. The number of hydrogen-bond acceptors (Lipinski definition) is 5. The van der Waals surface area contributed by atoms with Crippen molar-refractivity contribution in [2.24, 2.45) is 5.92 Å². The van der Waals surface area contributed by atoms with E-state index in [0.717, 1.165) is 41.6 Å². The minimum Gasteiger partial charge on any atom is -0.497 e. The van der Waals surface area contributed by atoms with Crippen LogP contribution >= 0.6 is 11.6 Å². The van der Waals surface area contributed by atoms with Gasteiger partial charge in [-0.15, -0.1) is 0 Å². The third-order valence-corrected chi connectivity index (χ3v) is 4.90. The van der Waals surface area contributed by atoms with Gasteiger partial charge < -0.3 is 9.47 Å². The van der Waals surface area contributed by atoms with E-state index < -0.39 is 0 Å². The summed E-state index contributed by atoms with van der Waals surface area (Å²) < 4.78 is 10.4. The third kappa shape index (κ3) is 4.22. The lowest BCUT2D eigenvalue weighted by Crippen LogP contribution is -2.39. The first kappa shape index (κ1) is 18.0. The maximum absolute atomic E-state index is 12.0. The molecule has 5 nitrogen and oxygen atoms in total. The normalized spacial score (nSPS) is 18.3. The molecule has 1 fully saturated rings. The number of piperidine rings is 1. The van der Waals surface area contributed by atoms with Gasteiger partial charge in [-0.25, -0.2) is 4.98 Å². The van der Waals surface area contributed by atoms with E-state index in [4.69, 9.17) is 21.1 Å². The summed E-state index contributed by atoms with van der Waals surface area (Å²) in [6.07, 6.45) is 1.87. The van der Waals surface area contributed by atoms with E-state index in [1.807, 2.05) is 25.1 Å². The van der Waals surface area contributed by atoms with Gasteiger partial charge in [-0.05, 0) is 44.5 Å². The van der Waals surface area contributed by atoms with Crippen LogP contribution in [-0.4, -0.2) is 42.7 Å². The lowest BCUT2D eigenvalue weighted by atomic mass is 9.98. The molecule has 0 spiro atoms. The van der Waals surface area contributed by atoms with E-state index in [1.165, 1.54) is 0 Å². The van der Waals surface area contributed by atoms with Gasteiger partial charge in [0.1, 0.15) is 10.9 Å². The van der Waals surface area contributed by atoms with Crippen molar-refractivity contribution in [3.63, 3.8) is 0 Å². The molecular formula is C19H23ClN2O3. The molecule has 3 rings (SSSR count). The fourth-order valence-electron chi connectivity index (χ4n) is 3.30. The number of likely N-dealkylation sites (tertiary alicyclic amines) is 1. The molecule has 1 aliphatic rings. The molecule has 0 N–H and O–H groups in total. The van der Waals surface area contributed by atoms with Gasteiger partial charge in [0, 0.05) is 30.1 Å². The van der Waals surface area contributed by atoms with Crippen LogP contribution in [0.25, 0.3) is 10.9 Å². The first-order chi connectivity index (χ1) is 12.1. The maximum Gasteiger partial charge on any atom is 0.310 e. The average Bonchev–Trinajstić information content (AvgIpc) is 2.62. The fraction of sp³-hybridized carbons (Fsp3) is 0.474. The molecule has 2 aromatic rings. The van der Waals surface area contributed by atoms with Crippen molar-refractivity contribution in [3.05, 3.63) is 35.0 Å². The van der Waals surface area contributed by atoms with Gasteiger partial charge in [0.25, 0.3) is 0 Å². The third-order valence-electron chi connectivity index (χ3n) is 4.57. The molecular weight excluding hydrogens is 340 g/mol. The summed E-state index contributed by atoms with van der Waals surface area (Å²) >= 11 is 6.40. The summed E-state index contributed by atoms with van der Waals surface area (Å²) in [5.74, 6) is 0.615. The Morgan fingerprint density at radius 3 is 3.00 bits per heavy atom. The van der Waals surface area contributed by atoms with Crippen LogP contribution < -0.4 is 4.74 Å². The minimum absolute atomic E-state index is 0.0508. The van der Waals surface area contributed by atoms with Gasteiger partial charge in [-0.1, -0.05) is 11.6 Å². The van der Waals surface area contributed by atoms with Crippen LogP contribution in [-0.2, 0) is 16.1 Å². The molecule has 25 heavy (non-hydrogen) atoms. The number of nitrogens with zero attached hydrogens (tertiary/aromatic N) is 2. The van der Waals surface area contributed by atoms with Crippen molar-refractivity contribution in [1.29, 1.82) is 0 Å². The highest BCUT2D eigenvalue weighted by atomic mass is 35.5. The van der Waals surface area contributed by atoms with E-state index >= 15 is 0 Å². The fourth-order valence-corrected chi connectivity index (χ4v) is 3.50. The molecule has 6 heteroatoms. The molecule has 0 aliphatic carbocycles. The molecule has 0 saturated carbocycles. The summed E-state index contributed by atoms with van der Waals surface area (Å²) in [4.78, 5) is 18.8. The molecule has 1 aromatic heterocycles. The molecule has 0 amide bonds. The second kappa shape index (κ2) is 8.02. The van der Waals surface area contributed by atoms with E-state index in [0.29, 0.717) is 24.8 Å². The first-order valence-electron chi connectivity index (χ1n) is 8.63. The maximum atomic E-state index is 12.0. The summed E-state index contributed by atoms with van der Waals surface area (Å²) in [5, 5.41) is 1.53. The van der Waals surface area contributed by atoms with Crippen LogP contribution in [0, 0.1) is 5.92 Å². The smallest absolute Gasteiger partial charge is 0.310 e. The number of halogens is 1. The number of esters is 1. The molecule has 1 atom stereocenters. The van der Waals surface area contributed by atoms with Crippen molar-refractivity contribution in [1.82, 2.24) is 9.88 Å². The van der Waals surface area contributed by atoms with E-state index in [2.05, 4.69) is 16.0 Å². The summed E-state index contributed by atoms with van der Waals surface area (Å²) in [7, 11) is 1.63. The van der Waals surface area contributed by atoms with Crippen LogP contribution in [0.3, 0.4) is 0 Å². The van der Waals surface area contributed by atoms with Gasteiger partial charge in [0.05, 0.1) is 25.2 Å². The molecule has 0 bridgehead atoms. The number of benzene rings is 1. The van der Waals surface area contributed by atoms with Crippen molar-refractivity contribution in [3.8, 4) is 5.75 Å². The highest BCUT2D eigenvalue weighted by molar-refractivity contribution is 6.30. The second-order valence-electron chi connectivity index (χ2n) is 6.32. The van der Waals surface area contributed by atoms with Crippen LogP contribution in [0.5, 0.6) is 5.75 Å². The van der Waals surface area contributed by atoms with Gasteiger partial charge >= 0.3 is 5.97 Å². The predicted molar refractivity (Wildman–Crippen MR) is 97.9 cm³/mol. The van der Waals surface area contributed by atoms with Crippen molar-refractivity contribution < 1.29 is 14.3 Å². The Labute approximate surface area is 152 Å². The zero-order valence-corrected chi connectivity index (χ0v) is 15.4.